The molecule has 0 aromatic heterocycles. The fourth-order valence-corrected chi connectivity index (χ4v) is 1.83. The Bertz CT molecular complexity index is 367. The van der Waals surface area contributed by atoms with Crippen molar-refractivity contribution in [2.45, 2.75) is 19.3 Å². The van der Waals surface area contributed by atoms with Gasteiger partial charge in [0.1, 0.15) is 5.76 Å². The lowest BCUT2D eigenvalue weighted by atomic mass is 9.97. The van der Waals surface area contributed by atoms with E-state index in [1.54, 1.807) is 0 Å². The summed E-state index contributed by atoms with van der Waals surface area (Å²) in [7, 11) is 0. The highest BCUT2D eigenvalue weighted by molar-refractivity contribution is 5.74. The van der Waals surface area contributed by atoms with E-state index in [1.165, 1.54) is 5.56 Å². The summed E-state index contributed by atoms with van der Waals surface area (Å²) < 4.78 is 4.93. The third-order valence-corrected chi connectivity index (χ3v) is 2.74. The van der Waals surface area contributed by atoms with Crippen LogP contribution in [-0.2, 0) is 16.0 Å². The predicted octanol–water partition coefficient (Wildman–Crippen LogP) is 2.70. The highest BCUT2D eigenvalue weighted by atomic mass is 16.5. The average molecular weight is 202 g/mol. The van der Waals surface area contributed by atoms with E-state index in [9.17, 15) is 4.79 Å². The second-order valence-electron chi connectivity index (χ2n) is 3.87. The predicted molar refractivity (Wildman–Crippen MR) is 58.1 cm³/mol. The summed E-state index contributed by atoms with van der Waals surface area (Å²) in [6.07, 6.45) is 2.40. The number of rotatable bonds is 3. The molecule has 1 heterocycles. The van der Waals surface area contributed by atoms with E-state index < -0.39 is 0 Å². The van der Waals surface area contributed by atoms with E-state index in [2.05, 4.69) is 18.7 Å². The molecule has 1 fully saturated rings. The molecule has 1 aliphatic heterocycles. The van der Waals surface area contributed by atoms with Crippen LogP contribution >= 0.6 is 0 Å². The van der Waals surface area contributed by atoms with Crippen molar-refractivity contribution in [1.82, 2.24) is 0 Å². The third kappa shape index (κ3) is 2.46. The topological polar surface area (TPSA) is 26.3 Å². The van der Waals surface area contributed by atoms with Crippen molar-refractivity contribution < 1.29 is 9.53 Å². The molecule has 1 atom stereocenters. The van der Waals surface area contributed by atoms with E-state index in [0.717, 1.165) is 12.8 Å². The third-order valence-electron chi connectivity index (χ3n) is 2.74. The summed E-state index contributed by atoms with van der Waals surface area (Å²) in [6, 6.07) is 10.3. The van der Waals surface area contributed by atoms with Crippen LogP contribution in [0, 0.1) is 5.92 Å². The Hall–Kier alpha value is -1.57. The largest absolute Gasteiger partial charge is 0.431 e. The van der Waals surface area contributed by atoms with Gasteiger partial charge < -0.3 is 4.74 Å². The Labute approximate surface area is 89.6 Å². The second kappa shape index (κ2) is 4.30. The quantitative estimate of drug-likeness (QED) is 0.704. The molecule has 0 spiro atoms. The van der Waals surface area contributed by atoms with Crippen molar-refractivity contribution in [3.05, 3.63) is 48.2 Å². The summed E-state index contributed by atoms with van der Waals surface area (Å²) in [5, 5.41) is 0. The van der Waals surface area contributed by atoms with Gasteiger partial charge in [0, 0.05) is 5.92 Å². The molecule has 2 rings (SSSR count). The number of ether oxygens (including phenoxy) is 1. The summed E-state index contributed by atoms with van der Waals surface area (Å²) in [5.41, 5.74) is 1.30. The molecule has 2 heteroatoms. The molecule has 0 bridgehead atoms. The summed E-state index contributed by atoms with van der Waals surface area (Å²) >= 11 is 0. The highest BCUT2D eigenvalue weighted by Gasteiger charge is 2.27. The number of cyclic esters (lactones) is 1. The minimum absolute atomic E-state index is 0.141. The van der Waals surface area contributed by atoms with Crippen LogP contribution < -0.4 is 0 Å². The lowest BCUT2D eigenvalue weighted by Gasteiger charge is -2.07. The van der Waals surface area contributed by atoms with Gasteiger partial charge in [-0.15, -0.1) is 0 Å². The lowest BCUT2D eigenvalue weighted by Crippen LogP contribution is -1.99. The minimum atomic E-state index is -0.141. The van der Waals surface area contributed by atoms with Crippen molar-refractivity contribution in [2.24, 2.45) is 5.92 Å². The van der Waals surface area contributed by atoms with Crippen molar-refractivity contribution >= 4 is 5.97 Å². The number of esters is 1. The highest BCUT2D eigenvalue weighted by Crippen LogP contribution is 2.28. The zero-order chi connectivity index (χ0) is 10.7. The first-order valence-corrected chi connectivity index (χ1v) is 5.19. The van der Waals surface area contributed by atoms with E-state index in [1.807, 2.05) is 18.2 Å². The molecule has 2 nitrogen and oxygen atoms in total. The zero-order valence-corrected chi connectivity index (χ0v) is 8.61. The average Bonchev–Trinajstić information content (AvgIpc) is 2.56. The van der Waals surface area contributed by atoms with E-state index in [4.69, 9.17) is 4.74 Å². The zero-order valence-electron chi connectivity index (χ0n) is 8.61. The molecule has 1 saturated heterocycles. The Morgan fingerprint density at radius 1 is 1.33 bits per heavy atom. The van der Waals surface area contributed by atoms with Crippen LogP contribution in [0.5, 0.6) is 0 Å². The Kier molecular flexibility index (Phi) is 2.86. The standard InChI is InChI=1S/C13H14O2/c1-10-12(9-13(14)15-10)8-7-11-5-3-2-4-6-11/h2-6,12H,1,7-9H2. The van der Waals surface area contributed by atoms with Crippen molar-refractivity contribution in [2.75, 3.05) is 0 Å². The van der Waals surface area contributed by atoms with Gasteiger partial charge in [0.05, 0.1) is 6.42 Å². The van der Waals surface area contributed by atoms with Crippen molar-refractivity contribution in [3.8, 4) is 0 Å². The maximum absolute atomic E-state index is 11.0. The molecule has 1 aromatic carbocycles. The van der Waals surface area contributed by atoms with Gasteiger partial charge in [-0.3, -0.25) is 4.79 Å². The Morgan fingerprint density at radius 3 is 2.67 bits per heavy atom. The summed E-state index contributed by atoms with van der Waals surface area (Å²) in [5.74, 6) is 0.701. The normalized spacial score (nSPS) is 20.4. The van der Waals surface area contributed by atoms with Crippen molar-refractivity contribution in [3.63, 3.8) is 0 Å². The second-order valence-corrected chi connectivity index (χ2v) is 3.87. The van der Waals surface area contributed by atoms with Crippen LogP contribution in [0.25, 0.3) is 0 Å². The van der Waals surface area contributed by atoms with Gasteiger partial charge in [-0.25, -0.2) is 0 Å². The number of allylic oxidation sites excluding steroid dienone is 1. The number of carbonyl (C=O) groups excluding carboxylic acids is 1. The van der Waals surface area contributed by atoms with E-state index >= 15 is 0 Å². The molecule has 78 valence electrons. The first-order chi connectivity index (χ1) is 7.25. The molecular formula is C13H14O2. The molecule has 0 aliphatic carbocycles. The maximum atomic E-state index is 11.0. The smallest absolute Gasteiger partial charge is 0.311 e. The van der Waals surface area contributed by atoms with Crippen LogP contribution in [-0.4, -0.2) is 5.97 Å². The van der Waals surface area contributed by atoms with Gasteiger partial charge in [0.2, 0.25) is 0 Å². The van der Waals surface area contributed by atoms with Crippen LogP contribution in [0.3, 0.4) is 0 Å². The van der Waals surface area contributed by atoms with Crippen LogP contribution in [0.2, 0.25) is 0 Å². The number of hydrogen-bond donors (Lipinski definition) is 0. The Morgan fingerprint density at radius 2 is 2.07 bits per heavy atom. The minimum Gasteiger partial charge on any atom is -0.431 e. The molecular weight excluding hydrogens is 188 g/mol. The van der Waals surface area contributed by atoms with Gasteiger partial charge in [-0.1, -0.05) is 36.9 Å². The fraction of sp³-hybridized carbons (Fsp3) is 0.308. The first kappa shape index (κ1) is 9.97. The fourth-order valence-electron chi connectivity index (χ4n) is 1.83. The van der Waals surface area contributed by atoms with Crippen LogP contribution in [0.1, 0.15) is 18.4 Å². The number of benzene rings is 1. The van der Waals surface area contributed by atoms with Gasteiger partial charge in [0.25, 0.3) is 0 Å². The number of carbonyl (C=O) groups is 1. The van der Waals surface area contributed by atoms with Crippen molar-refractivity contribution in [1.29, 1.82) is 0 Å². The number of hydrogen-bond acceptors (Lipinski definition) is 2. The molecule has 0 amide bonds. The van der Waals surface area contributed by atoms with Crippen LogP contribution in [0.15, 0.2) is 42.7 Å². The molecule has 1 aliphatic rings. The molecule has 0 N–H and O–H groups in total. The van der Waals surface area contributed by atoms with E-state index in [0.29, 0.717) is 12.2 Å². The van der Waals surface area contributed by atoms with E-state index in [-0.39, 0.29) is 11.9 Å². The van der Waals surface area contributed by atoms with Gasteiger partial charge in [-0.05, 0) is 18.4 Å². The molecule has 15 heavy (non-hydrogen) atoms. The molecule has 0 saturated carbocycles. The SMILES string of the molecule is C=C1OC(=O)CC1CCc1ccccc1. The first-order valence-electron chi connectivity index (χ1n) is 5.19. The number of aryl methyl sites for hydroxylation is 1. The van der Waals surface area contributed by atoms with Gasteiger partial charge >= 0.3 is 5.97 Å². The summed E-state index contributed by atoms with van der Waals surface area (Å²) in [4.78, 5) is 11.0. The Balaban J connectivity index is 1.89. The maximum Gasteiger partial charge on any atom is 0.311 e. The molecule has 1 aromatic rings. The lowest BCUT2D eigenvalue weighted by molar-refractivity contribution is -0.135. The monoisotopic (exact) mass is 202 g/mol. The summed E-state index contributed by atoms with van der Waals surface area (Å²) in [6.45, 7) is 3.76. The van der Waals surface area contributed by atoms with Gasteiger partial charge in [0.15, 0.2) is 0 Å². The molecule has 1 unspecified atom stereocenters. The van der Waals surface area contributed by atoms with Crippen LogP contribution in [0.4, 0.5) is 0 Å². The van der Waals surface area contributed by atoms with Gasteiger partial charge in [-0.2, -0.15) is 0 Å². The molecule has 0 radical (unpaired) electrons.